The molecule has 0 atom stereocenters. The molecule has 0 saturated heterocycles. The average Bonchev–Trinajstić information content (AvgIpc) is 3.09. The molecule has 0 fully saturated rings. The van der Waals surface area contributed by atoms with Crippen molar-refractivity contribution in [3.05, 3.63) is 70.9 Å². The van der Waals surface area contributed by atoms with Gasteiger partial charge in [0.15, 0.2) is 17.2 Å². The maximum atomic E-state index is 13.9. The smallest absolute Gasteiger partial charge is 0.387 e. The molecule has 10 heteroatoms. The minimum atomic E-state index is -3.13. The zero-order valence-corrected chi connectivity index (χ0v) is 14.1. The van der Waals surface area contributed by atoms with Crippen molar-refractivity contribution < 1.29 is 17.9 Å². The first-order valence-electron chi connectivity index (χ1n) is 8.06. The van der Waals surface area contributed by atoms with Gasteiger partial charge in [-0.25, -0.2) is 9.07 Å². The number of benzene rings is 2. The van der Waals surface area contributed by atoms with Crippen LogP contribution in [0.3, 0.4) is 0 Å². The van der Waals surface area contributed by atoms with Gasteiger partial charge in [-0.15, -0.1) is 0 Å². The van der Waals surface area contributed by atoms with Crippen molar-refractivity contribution in [1.82, 2.24) is 19.7 Å². The second-order valence-electron chi connectivity index (χ2n) is 5.69. The van der Waals surface area contributed by atoms with Crippen molar-refractivity contribution in [2.45, 2.75) is 6.61 Å². The number of para-hydroxylation sites is 1. The lowest BCUT2D eigenvalue weighted by Crippen LogP contribution is -2.12. The number of hydrogen-bond acceptors (Lipinski definition) is 5. The van der Waals surface area contributed by atoms with Gasteiger partial charge in [0.25, 0.3) is 5.56 Å². The first kappa shape index (κ1) is 17.6. The van der Waals surface area contributed by atoms with Gasteiger partial charge in [0.2, 0.25) is 5.95 Å². The van der Waals surface area contributed by atoms with E-state index in [0.29, 0.717) is 11.3 Å². The standard InChI is InChI=1S/C18H12F3N5O2/c19-13-8-10(6-7-14(13)28-17(20)21)23-18-24-15-12(16(27)25-18)9-22-26(15)11-4-2-1-3-5-11/h1-9,17H,(H2,23,24,25,27). The molecule has 0 bridgehead atoms. The molecule has 142 valence electrons. The summed E-state index contributed by atoms with van der Waals surface area (Å²) in [6.45, 7) is -3.13. The predicted molar refractivity (Wildman–Crippen MR) is 95.8 cm³/mol. The zero-order valence-electron chi connectivity index (χ0n) is 14.1. The molecular weight excluding hydrogens is 375 g/mol. The van der Waals surface area contributed by atoms with E-state index >= 15 is 0 Å². The van der Waals surface area contributed by atoms with Gasteiger partial charge >= 0.3 is 6.61 Å². The zero-order chi connectivity index (χ0) is 19.7. The van der Waals surface area contributed by atoms with E-state index in [1.54, 1.807) is 12.1 Å². The van der Waals surface area contributed by atoms with Crippen molar-refractivity contribution in [2.75, 3.05) is 5.32 Å². The molecule has 0 unspecified atom stereocenters. The third kappa shape index (κ3) is 3.39. The number of nitrogens with one attached hydrogen (secondary N) is 2. The number of alkyl halides is 2. The number of halogens is 3. The fourth-order valence-corrected chi connectivity index (χ4v) is 2.64. The van der Waals surface area contributed by atoms with E-state index in [-0.39, 0.29) is 17.0 Å². The number of ether oxygens (including phenoxy) is 1. The van der Waals surface area contributed by atoms with Crippen LogP contribution in [0.5, 0.6) is 5.75 Å². The van der Waals surface area contributed by atoms with E-state index in [9.17, 15) is 18.0 Å². The Labute approximate surface area is 155 Å². The second-order valence-corrected chi connectivity index (χ2v) is 5.69. The van der Waals surface area contributed by atoms with Crippen LogP contribution >= 0.6 is 0 Å². The molecule has 4 aromatic rings. The summed E-state index contributed by atoms with van der Waals surface area (Å²) in [6, 6.07) is 12.4. The van der Waals surface area contributed by atoms with Crippen LogP contribution in [-0.2, 0) is 0 Å². The molecule has 7 nitrogen and oxygen atoms in total. The monoisotopic (exact) mass is 387 g/mol. The lowest BCUT2D eigenvalue weighted by Gasteiger charge is -2.09. The number of rotatable bonds is 5. The summed E-state index contributed by atoms with van der Waals surface area (Å²) in [4.78, 5) is 19.2. The number of aromatic nitrogens is 4. The van der Waals surface area contributed by atoms with Crippen molar-refractivity contribution in [2.24, 2.45) is 0 Å². The molecule has 0 aliphatic heterocycles. The molecule has 0 aliphatic rings. The average molecular weight is 387 g/mol. The van der Waals surface area contributed by atoms with Crippen molar-refractivity contribution in [3.63, 3.8) is 0 Å². The van der Waals surface area contributed by atoms with E-state index in [2.05, 4.69) is 25.1 Å². The fraction of sp³-hybridized carbons (Fsp3) is 0.0556. The summed E-state index contributed by atoms with van der Waals surface area (Å²) < 4.78 is 43.9. The van der Waals surface area contributed by atoms with Gasteiger partial charge in [-0.2, -0.15) is 18.9 Å². The van der Waals surface area contributed by atoms with Gasteiger partial charge in [-0.1, -0.05) is 18.2 Å². The molecule has 2 aromatic heterocycles. The van der Waals surface area contributed by atoms with Gasteiger partial charge in [-0.05, 0) is 24.3 Å². The summed E-state index contributed by atoms with van der Waals surface area (Å²) in [5, 5.41) is 7.20. The highest BCUT2D eigenvalue weighted by Gasteiger charge is 2.13. The first-order chi connectivity index (χ1) is 13.5. The Hall–Kier alpha value is -3.82. The van der Waals surface area contributed by atoms with Crippen molar-refractivity contribution in [3.8, 4) is 11.4 Å². The second kappa shape index (κ2) is 7.06. The first-order valence-corrected chi connectivity index (χ1v) is 8.06. The van der Waals surface area contributed by atoms with Gasteiger partial charge < -0.3 is 10.1 Å². The topological polar surface area (TPSA) is 84.8 Å². The Bertz CT molecular complexity index is 1190. The van der Waals surface area contributed by atoms with Crippen LogP contribution < -0.4 is 15.6 Å². The number of fused-ring (bicyclic) bond motifs is 1. The van der Waals surface area contributed by atoms with Crippen LogP contribution in [0.4, 0.5) is 24.8 Å². The van der Waals surface area contributed by atoms with Crippen LogP contribution in [-0.4, -0.2) is 26.4 Å². The minimum Gasteiger partial charge on any atom is -0.432 e. The number of anilines is 2. The van der Waals surface area contributed by atoms with E-state index in [1.807, 2.05) is 18.2 Å². The number of nitrogens with zero attached hydrogens (tertiary/aromatic N) is 3. The lowest BCUT2D eigenvalue weighted by molar-refractivity contribution is -0.0521. The lowest BCUT2D eigenvalue weighted by atomic mass is 10.3. The number of aromatic amines is 1. The van der Waals surface area contributed by atoms with Crippen LogP contribution in [0.2, 0.25) is 0 Å². The summed E-state index contributed by atoms with van der Waals surface area (Å²) >= 11 is 0. The third-order valence-corrected chi connectivity index (χ3v) is 3.85. The van der Waals surface area contributed by atoms with Crippen LogP contribution in [0.25, 0.3) is 16.7 Å². The molecule has 0 spiro atoms. The van der Waals surface area contributed by atoms with Gasteiger partial charge in [0.1, 0.15) is 5.39 Å². The fourth-order valence-electron chi connectivity index (χ4n) is 2.64. The van der Waals surface area contributed by atoms with E-state index in [1.165, 1.54) is 16.9 Å². The Kier molecular flexibility index (Phi) is 4.44. The highest BCUT2D eigenvalue weighted by Crippen LogP contribution is 2.24. The molecule has 2 aromatic carbocycles. The largest absolute Gasteiger partial charge is 0.432 e. The summed E-state index contributed by atoms with van der Waals surface area (Å²) in [6.07, 6.45) is 1.40. The predicted octanol–water partition coefficient (Wildman–Crippen LogP) is 3.59. The molecule has 28 heavy (non-hydrogen) atoms. The normalized spacial score (nSPS) is 11.1. The summed E-state index contributed by atoms with van der Waals surface area (Å²) in [5.41, 5.74) is 0.761. The third-order valence-electron chi connectivity index (χ3n) is 3.85. The molecular formula is C18H12F3N5O2. The molecule has 0 radical (unpaired) electrons. The summed E-state index contributed by atoms with van der Waals surface area (Å²) in [7, 11) is 0. The van der Waals surface area contributed by atoms with Gasteiger partial charge in [0, 0.05) is 11.8 Å². The van der Waals surface area contributed by atoms with Gasteiger partial charge in [-0.3, -0.25) is 9.78 Å². The highest BCUT2D eigenvalue weighted by atomic mass is 19.3. The number of H-pyrrole nitrogens is 1. The Morgan fingerprint density at radius 3 is 2.64 bits per heavy atom. The Balaban J connectivity index is 1.70. The highest BCUT2D eigenvalue weighted by molar-refractivity contribution is 5.76. The Morgan fingerprint density at radius 2 is 1.93 bits per heavy atom. The minimum absolute atomic E-state index is 0.0390. The van der Waals surface area contributed by atoms with Crippen molar-refractivity contribution >= 4 is 22.7 Å². The van der Waals surface area contributed by atoms with Crippen LogP contribution in [0, 0.1) is 5.82 Å². The molecule has 4 rings (SSSR count). The molecule has 0 amide bonds. The van der Waals surface area contributed by atoms with Crippen molar-refractivity contribution in [1.29, 1.82) is 0 Å². The maximum absolute atomic E-state index is 13.9. The van der Waals surface area contributed by atoms with E-state index < -0.39 is 23.7 Å². The van der Waals surface area contributed by atoms with Crippen LogP contribution in [0.15, 0.2) is 59.5 Å². The Morgan fingerprint density at radius 1 is 1.14 bits per heavy atom. The molecule has 2 heterocycles. The quantitative estimate of drug-likeness (QED) is 0.547. The van der Waals surface area contributed by atoms with E-state index in [0.717, 1.165) is 12.1 Å². The van der Waals surface area contributed by atoms with Gasteiger partial charge in [0.05, 0.1) is 11.9 Å². The van der Waals surface area contributed by atoms with E-state index in [4.69, 9.17) is 0 Å². The molecule has 2 N–H and O–H groups in total. The maximum Gasteiger partial charge on any atom is 0.387 e. The number of hydrogen-bond donors (Lipinski definition) is 2. The summed E-state index contributed by atoms with van der Waals surface area (Å²) in [5.74, 6) is -1.53. The van der Waals surface area contributed by atoms with Crippen LogP contribution in [0.1, 0.15) is 0 Å². The molecule has 0 aliphatic carbocycles. The SMILES string of the molecule is O=c1[nH]c(Nc2ccc(OC(F)F)c(F)c2)nc2c1cnn2-c1ccccc1. The molecule has 0 saturated carbocycles.